The molecule has 0 saturated carbocycles. The molecular weight excluding hydrogens is 252 g/mol. The number of nitrogen functional groups attached to an aromatic ring is 1. The lowest BCUT2D eigenvalue weighted by Gasteiger charge is -2.19. The van der Waals surface area contributed by atoms with E-state index in [-0.39, 0.29) is 5.41 Å². The predicted octanol–water partition coefficient (Wildman–Crippen LogP) is 3.76. The first kappa shape index (κ1) is 14.2. The first-order valence-electron chi connectivity index (χ1n) is 6.49. The van der Waals surface area contributed by atoms with E-state index in [9.17, 15) is 0 Å². The molecule has 1 aromatic carbocycles. The Bertz CT molecular complexity index is 604. The summed E-state index contributed by atoms with van der Waals surface area (Å²) in [7, 11) is 1.56. The van der Waals surface area contributed by atoms with Crippen LogP contribution >= 0.6 is 0 Å². The van der Waals surface area contributed by atoms with Gasteiger partial charge in [0.15, 0.2) is 0 Å². The van der Waals surface area contributed by atoms with Gasteiger partial charge in [-0.25, -0.2) is 0 Å². The molecule has 0 spiro atoms. The number of benzene rings is 1. The summed E-state index contributed by atoms with van der Waals surface area (Å²) in [5.41, 5.74) is 7.60. The number of methoxy groups -OCH3 is 1. The standard InChI is InChI=1S/C16H20N2O2/c1-16(2,3)11-6-5-7-12(10-11)20-15-13(17)8-9-14(18-15)19-4/h5-10H,17H2,1-4H3. The van der Waals surface area contributed by atoms with Crippen molar-refractivity contribution in [1.82, 2.24) is 4.98 Å². The highest BCUT2D eigenvalue weighted by atomic mass is 16.5. The SMILES string of the molecule is COc1ccc(N)c(Oc2cccc(C(C)(C)C)c2)n1. The molecule has 0 fully saturated rings. The Hall–Kier alpha value is -2.23. The van der Waals surface area contributed by atoms with Gasteiger partial charge in [-0.2, -0.15) is 4.98 Å². The van der Waals surface area contributed by atoms with Crippen LogP contribution in [0.25, 0.3) is 0 Å². The van der Waals surface area contributed by atoms with Crippen LogP contribution in [-0.2, 0) is 5.41 Å². The molecule has 0 aliphatic carbocycles. The number of anilines is 1. The molecular formula is C16H20N2O2. The van der Waals surface area contributed by atoms with E-state index in [0.717, 1.165) is 0 Å². The van der Waals surface area contributed by atoms with Crippen molar-refractivity contribution < 1.29 is 9.47 Å². The highest BCUT2D eigenvalue weighted by Crippen LogP contribution is 2.30. The van der Waals surface area contributed by atoms with Gasteiger partial charge in [-0.05, 0) is 29.2 Å². The highest BCUT2D eigenvalue weighted by Gasteiger charge is 2.14. The van der Waals surface area contributed by atoms with E-state index in [2.05, 4.69) is 31.8 Å². The van der Waals surface area contributed by atoms with Gasteiger partial charge in [-0.3, -0.25) is 0 Å². The van der Waals surface area contributed by atoms with Gasteiger partial charge in [-0.1, -0.05) is 32.9 Å². The fourth-order valence-corrected chi connectivity index (χ4v) is 1.77. The molecule has 0 amide bonds. The minimum absolute atomic E-state index is 0.0622. The highest BCUT2D eigenvalue weighted by molar-refractivity contribution is 5.51. The molecule has 4 nitrogen and oxygen atoms in total. The van der Waals surface area contributed by atoms with Crippen LogP contribution < -0.4 is 15.2 Å². The van der Waals surface area contributed by atoms with Crippen LogP contribution in [0.3, 0.4) is 0 Å². The summed E-state index contributed by atoms with van der Waals surface area (Å²) < 4.78 is 10.9. The van der Waals surface area contributed by atoms with Gasteiger partial charge >= 0.3 is 0 Å². The number of aromatic nitrogens is 1. The van der Waals surface area contributed by atoms with Crippen LogP contribution in [0.5, 0.6) is 17.5 Å². The zero-order valence-corrected chi connectivity index (χ0v) is 12.3. The fraction of sp³-hybridized carbons (Fsp3) is 0.312. The van der Waals surface area contributed by atoms with Crippen LogP contribution in [-0.4, -0.2) is 12.1 Å². The van der Waals surface area contributed by atoms with Gasteiger partial charge in [0, 0.05) is 6.07 Å². The Balaban J connectivity index is 2.30. The number of hydrogen-bond acceptors (Lipinski definition) is 4. The van der Waals surface area contributed by atoms with Gasteiger partial charge in [0.25, 0.3) is 0 Å². The second-order valence-electron chi connectivity index (χ2n) is 5.63. The van der Waals surface area contributed by atoms with Gasteiger partial charge in [0.1, 0.15) is 5.75 Å². The maximum Gasteiger partial charge on any atom is 0.246 e. The maximum atomic E-state index is 5.87. The minimum atomic E-state index is 0.0622. The third-order valence-electron chi connectivity index (χ3n) is 2.99. The number of nitrogens with zero attached hydrogens (tertiary/aromatic N) is 1. The maximum absolute atomic E-state index is 5.87. The van der Waals surface area contributed by atoms with Crippen LogP contribution in [0.1, 0.15) is 26.3 Å². The molecule has 0 bridgehead atoms. The molecule has 0 unspecified atom stereocenters. The molecule has 1 heterocycles. The van der Waals surface area contributed by atoms with Gasteiger partial charge in [0.05, 0.1) is 12.8 Å². The number of pyridine rings is 1. The smallest absolute Gasteiger partial charge is 0.246 e. The number of nitrogens with two attached hydrogens (primary N) is 1. The molecule has 0 aliphatic heterocycles. The summed E-state index contributed by atoms with van der Waals surface area (Å²) in [5.74, 6) is 1.54. The normalized spacial score (nSPS) is 11.2. The zero-order chi connectivity index (χ0) is 14.8. The molecule has 4 heteroatoms. The minimum Gasteiger partial charge on any atom is -0.481 e. The molecule has 2 N–H and O–H groups in total. The van der Waals surface area contributed by atoms with Crippen molar-refractivity contribution in [3.05, 3.63) is 42.0 Å². The number of rotatable bonds is 3. The van der Waals surface area contributed by atoms with E-state index in [1.165, 1.54) is 5.56 Å². The van der Waals surface area contributed by atoms with E-state index < -0.39 is 0 Å². The van der Waals surface area contributed by atoms with Crippen molar-refractivity contribution >= 4 is 5.69 Å². The fourth-order valence-electron chi connectivity index (χ4n) is 1.77. The molecule has 2 rings (SSSR count). The third kappa shape index (κ3) is 3.20. The quantitative estimate of drug-likeness (QED) is 0.924. The summed E-state index contributed by atoms with van der Waals surface area (Å²) in [4.78, 5) is 4.21. The molecule has 20 heavy (non-hydrogen) atoms. The van der Waals surface area contributed by atoms with E-state index in [1.54, 1.807) is 19.2 Å². The molecule has 0 aliphatic rings. The molecule has 106 valence electrons. The monoisotopic (exact) mass is 272 g/mol. The number of hydrogen-bond donors (Lipinski definition) is 1. The largest absolute Gasteiger partial charge is 0.481 e. The van der Waals surface area contributed by atoms with Crippen molar-refractivity contribution in [2.45, 2.75) is 26.2 Å². The predicted molar refractivity (Wildman–Crippen MR) is 80.4 cm³/mol. The Kier molecular flexibility index (Phi) is 3.84. The Morgan fingerprint density at radius 1 is 1.10 bits per heavy atom. The Morgan fingerprint density at radius 3 is 2.50 bits per heavy atom. The summed E-state index contributed by atoms with van der Waals surface area (Å²) in [5, 5.41) is 0. The second-order valence-corrected chi connectivity index (χ2v) is 5.63. The van der Waals surface area contributed by atoms with Crippen molar-refractivity contribution in [2.24, 2.45) is 0 Å². The molecule has 0 saturated heterocycles. The Labute approximate surface area is 119 Å². The van der Waals surface area contributed by atoms with E-state index >= 15 is 0 Å². The van der Waals surface area contributed by atoms with Crippen molar-refractivity contribution in [3.63, 3.8) is 0 Å². The Morgan fingerprint density at radius 2 is 1.85 bits per heavy atom. The molecule has 1 aromatic heterocycles. The second kappa shape index (κ2) is 5.41. The van der Waals surface area contributed by atoms with E-state index in [1.807, 2.05) is 18.2 Å². The summed E-state index contributed by atoms with van der Waals surface area (Å²) in [6.45, 7) is 6.47. The summed E-state index contributed by atoms with van der Waals surface area (Å²) >= 11 is 0. The lowest BCUT2D eigenvalue weighted by Crippen LogP contribution is -2.10. The average molecular weight is 272 g/mol. The first-order valence-corrected chi connectivity index (χ1v) is 6.49. The van der Waals surface area contributed by atoms with Crippen molar-refractivity contribution in [1.29, 1.82) is 0 Å². The summed E-state index contributed by atoms with van der Waals surface area (Å²) in [6, 6.07) is 11.3. The molecule has 0 radical (unpaired) electrons. The van der Waals surface area contributed by atoms with E-state index in [0.29, 0.717) is 23.2 Å². The molecule has 0 atom stereocenters. The van der Waals surface area contributed by atoms with Crippen LogP contribution in [0.2, 0.25) is 0 Å². The van der Waals surface area contributed by atoms with Crippen molar-refractivity contribution in [3.8, 4) is 17.5 Å². The van der Waals surface area contributed by atoms with Crippen molar-refractivity contribution in [2.75, 3.05) is 12.8 Å². The summed E-state index contributed by atoms with van der Waals surface area (Å²) in [6.07, 6.45) is 0. The topological polar surface area (TPSA) is 57.4 Å². The lowest BCUT2D eigenvalue weighted by atomic mass is 9.87. The average Bonchev–Trinajstić information content (AvgIpc) is 2.41. The van der Waals surface area contributed by atoms with Gasteiger partial charge in [-0.15, -0.1) is 0 Å². The van der Waals surface area contributed by atoms with Crippen LogP contribution in [0.4, 0.5) is 5.69 Å². The van der Waals surface area contributed by atoms with E-state index in [4.69, 9.17) is 15.2 Å². The van der Waals surface area contributed by atoms with Crippen LogP contribution in [0.15, 0.2) is 36.4 Å². The number of ether oxygens (including phenoxy) is 2. The zero-order valence-electron chi connectivity index (χ0n) is 12.3. The molecule has 2 aromatic rings. The van der Waals surface area contributed by atoms with Gasteiger partial charge < -0.3 is 15.2 Å². The van der Waals surface area contributed by atoms with Gasteiger partial charge in [0.2, 0.25) is 11.8 Å². The first-order chi connectivity index (χ1) is 9.40. The third-order valence-corrected chi connectivity index (χ3v) is 2.99. The lowest BCUT2D eigenvalue weighted by molar-refractivity contribution is 0.384. The van der Waals surface area contributed by atoms with Crippen LogP contribution in [0, 0.1) is 0 Å².